The van der Waals surface area contributed by atoms with Crippen molar-refractivity contribution in [2.24, 2.45) is 10.7 Å². The Bertz CT molecular complexity index is 1800. The molecule has 0 radical (unpaired) electrons. The van der Waals surface area contributed by atoms with E-state index >= 15 is 0 Å². The lowest BCUT2D eigenvalue weighted by molar-refractivity contribution is -0.119. The zero-order chi connectivity index (χ0) is 38.3. The number of aryl methyl sites for hydroxylation is 3. The SMILES string of the molecule is Cc1nc(N)c(C(=O)NC(N)=NCCCCc2ccc(OCCN(CCCc3ccc4ccccc4c3)CC(O)C(O)C(O)C(O)CO)cc2)nc1Cl. The third-order valence-corrected chi connectivity index (χ3v) is 9.13. The number of halogens is 1. The van der Waals surface area contributed by atoms with Gasteiger partial charge in [-0.2, -0.15) is 0 Å². The third kappa shape index (κ3) is 12.9. The maximum Gasteiger partial charge on any atom is 0.280 e. The Morgan fingerprint density at radius 2 is 1.58 bits per heavy atom. The summed E-state index contributed by atoms with van der Waals surface area (Å²) in [5, 5.41) is 55.0. The van der Waals surface area contributed by atoms with Crippen LogP contribution >= 0.6 is 11.6 Å². The first-order valence-corrected chi connectivity index (χ1v) is 18.0. The second-order valence-electron chi connectivity index (χ2n) is 12.9. The van der Waals surface area contributed by atoms with E-state index in [0.29, 0.717) is 37.7 Å². The molecule has 1 amide bonds. The van der Waals surface area contributed by atoms with Crippen LogP contribution in [0.4, 0.5) is 5.82 Å². The molecule has 0 aliphatic rings. The molecule has 3 aromatic carbocycles. The van der Waals surface area contributed by atoms with Gasteiger partial charge in [-0.05, 0) is 79.6 Å². The molecule has 0 fully saturated rings. The van der Waals surface area contributed by atoms with E-state index in [1.165, 1.54) is 16.3 Å². The van der Waals surface area contributed by atoms with Gasteiger partial charge in [0.2, 0.25) is 0 Å². The number of benzene rings is 3. The fourth-order valence-corrected chi connectivity index (χ4v) is 5.84. The number of nitrogen functional groups attached to an aromatic ring is 1. The lowest BCUT2D eigenvalue weighted by Gasteiger charge is -2.30. The molecule has 4 aromatic rings. The van der Waals surface area contributed by atoms with Crippen LogP contribution in [-0.2, 0) is 12.8 Å². The number of aliphatic imine (C=N–C) groups is 1. The molecule has 53 heavy (non-hydrogen) atoms. The van der Waals surface area contributed by atoms with Gasteiger partial charge in [0.05, 0.1) is 18.4 Å². The summed E-state index contributed by atoms with van der Waals surface area (Å²) in [5.41, 5.74) is 14.2. The van der Waals surface area contributed by atoms with Gasteiger partial charge in [-0.1, -0.05) is 66.2 Å². The van der Waals surface area contributed by atoms with Crippen molar-refractivity contribution >= 4 is 40.1 Å². The number of hydrogen-bond acceptors (Lipinski definition) is 12. The number of nitrogens with one attached hydrogen (secondary N) is 1. The normalized spacial score (nSPS) is 14.2. The van der Waals surface area contributed by atoms with E-state index in [9.17, 15) is 25.2 Å². The van der Waals surface area contributed by atoms with Crippen LogP contribution in [0.1, 0.15) is 46.6 Å². The lowest BCUT2D eigenvalue weighted by Crippen LogP contribution is -2.50. The van der Waals surface area contributed by atoms with E-state index in [4.69, 9.17) is 32.9 Å². The number of anilines is 1. The molecule has 0 aliphatic heterocycles. The highest BCUT2D eigenvalue weighted by atomic mass is 35.5. The fraction of sp³-hybridized carbons (Fsp3) is 0.421. The summed E-state index contributed by atoms with van der Waals surface area (Å²) in [5.74, 6) is -0.0666. The summed E-state index contributed by atoms with van der Waals surface area (Å²) >= 11 is 5.95. The summed E-state index contributed by atoms with van der Waals surface area (Å²) in [4.78, 5) is 26.5. The maximum atomic E-state index is 12.4. The van der Waals surface area contributed by atoms with Crippen LogP contribution in [0.25, 0.3) is 10.8 Å². The minimum Gasteiger partial charge on any atom is -0.492 e. The van der Waals surface area contributed by atoms with E-state index in [0.717, 1.165) is 37.7 Å². The van der Waals surface area contributed by atoms with Crippen molar-refractivity contribution in [1.29, 1.82) is 0 Å². The molecule has 0 bridgehead atoms. The minimum absolute atomic E-state index is 0.0311. The van der Waals surface area contributed by atoms with Gasteiger partial charge >= 0.3 is 0 Å². The summed E-state index contributed by atoms with van der Waals surface area (Å²) in [7, 11) is 0. The average molecular weight is 752 g/mol. The van der Waals surface area contributed by atoms with E-state index in [1.807, 2.05) is 41.3 Å². The molecule has 14 nitrogen and oxygen atoms in total. The van der Waals surface area contributed by atoms with E-state index in [1.54, 1.807) is 6.92 Å². The zero-order valence-corrected chi connectivity index (χ0v) is 30.6. The van der Waals surface area contributed by atoms with Gasteiger partial charge in [0, 0.05) is 19.6 Å². The van der Waals surface area contributed by atoms with Crippen molar-refractivity contribution in [3.05, 3.63) is 94.4 Å². The van der Waals surface area contributed by atoms with Crippen LogP contribution in [-0.4, -0.2) is 116 Å². The molecule has 4 unspecified atom stereocenters. The summed E-state index contributed by atoms with van der Waals surface area (Å²) in [6.45, 7) is 2.67. The van der Waals surface area contributed by atoms with E-state index in [2.05, 4.69) is 50.6 Å². The number of carbonyl (C=O) groups excluding carboxylic acids is 1. The van der Waals surface area contributed by atoms with Crippen molar-refractivity contribution in [2.45, 2.75) is 63.4 Å². The summed E-state index contributed by atoms with van der Waals surface area (Å²) in [6, 6.07) is 22.3. The number of amides is 1. The average Bonchev–Trinajstić information content (AvgIpc) is 3.15. The number of nitrogens with two attached hydrogens (primary N) is 2. The molecule has 10 N–H and O–H groups in total. The molecule has 0 aliphatic carbocycles. The summed E-state index contributed by atoms with van der Waals surface area (Å²) in [6.07, 6.45) is -2.31. The first-order valence-electron chi connectivity index (χ1n) is 17.6. The highest BCUT2D eigenvalue weighted by molar-refractivity contribution is 6.30. The monoisotopic (exact) mass is 751 g/mol. The van der Waals surface area contributed by atoms with E-state index in [-0.39, 0.29) is 29.2 Å². The standard InChI is InChI=1S/C38H50ClN7O7/c1-24-35(39)44-32(36(40)43-24)37(52)45-38(41)42-17-5-4-7-25-12-15-29(16-13-25)53-20-19-46(22-30(48)33(50)34(51)31(49)23-47)18-6-8-26-11-14-27-9-2-3-10-28(27)21-26/h2-3,9-16,21,30-31,33-34,47-51H,4-8,17-20,22-23H2,1H3,(H2,40,43)(H3,41,42,45,52). The van der Waals surface area contributed by atoms with Crippen molar-refractivity contribution in [1.82, 2.24) is 20.2 Å². The molecule has 15 heteroatoms. The van der Waals surface area contributed by atoms with Gasteiger partial charge in [0.1, 0.15) is 30.7 Å². The molecule has 1 aromatic heterocycles. The van der Waals surface area contributed by atoms with Gasteiger partial charge in [0.15, 0.2) is 22.6 Å². The van der Waals surface area contributed by atoms with Gasteiger partial charge < -0.3 is 41.7 Å². The number of unbranched alkanes of at least 4 members (excludes halogenated alkanes) is 1. The number of guanidine groups is 1. The second-order valence-corrected chi connectivity index (χ2v) is 13.2. The molecule has 0 saturated carbocycles. The Kier molecular flexibility index (Phi) is 16.2. The van der Waals surface area contributed by atoms with Gasteiger partial charge in [-0.25, -0.2) is 9.97 Å². The first kappa shape index (κ1) is 41.3. The van der Waals surface area contributed by atoms with E-state index < -0.39 is 36.9 Å². The fourth-order valence-electron chi connectivity index (χ4n) is 5.71. The highest BCUT2D eigenvalue weighted by Gasteiger charge is 2.31. The van der Waals surface area contributed by atoms with Crippen molar-refractivity contribution in [3.8, 4) is 5.75 Å². The smallest absolute Gasteiger partial charge is 0.280 e. The highest BCUT2D eigenvalue weighted by Crippen LogP contribution is 2.18. The molecule has 0 spiro atoms. The summed E-state index contributed by atoms with van der Waals surface area (Å²) < 4.78 is 6.00. The number of carbonyl (C=O) groups is 1. The number of ether oxygens (including phenoxy) is 1. The largest absolute Gasteiger partial charge is 0.492 e. The van der Waals surface area contributed by atoms with Crippen LogP contribution in [0.3, 0.4) is 0 Å². The molecule has 4 rings (SSSR count). The van der Waals surface area contributed by atoms with Crippen LogP contribution in [0.15, 0.2) is 71.7 Å². The van der Waals surface area contributed by atoms with Crippen molar-refractivity contribution in [3.63, 3.8) is 0 Å². The van der Waals surface area contributed by atoms with Crippen molar-refractivity contribution in [2.75, 3.05) is 45.1 Å². The van der Waals surface area contributed by atoms with Gasteiger partial charge in [-0.15, -0.1) is 0 Å². The van der Waals surface area contributed by atoms with Crippen LogP contribution < -0.4 is 21.5 Å². The Labute approximate surface area is 314 Å². The van der Waals surface area contributed by atoms with Crippen LogP contribution in [0.5, 0.6) is 5.75 Å². The number of hydrogen-bond donors (Lipinski definition) is 8. The Hall–Kier alpha value is -4.41. The molecule has 1 heterocycles. The molecular weight excluding hydrogens is 702 g/mol. The predicted molar refractivity (Wildman–Crippen MR) is 205 cm³/mol. The van der Waals surface area contributed by atoms with Gasteiger partial charge in [0.25, 0.3) is 5.91 Å². The predicted octanol–water partition coefficient (Wildman–Crippen LogP) is 1.99. The third-order valence-electron chi connectivity index (χ3n) is 8.78. The van der Waals surface area contributed by atoms with Gasteiger partial charge in [-0.3, -0.25) is 20.0 Å². The molecule has 286 valence electrons. The maximum absolute atomic E-state index is 12.4. The second kappa shape index (κ2) is 20.7. The van der Waals surface area contributed by atoms with Crippen molar-refractivity contribution < 1.29 is 35.1 Å². The first-order chi connectivity index (χ1) is 25.4. The Morgan fingerprint density at radius 1 is 0.906 bits per heavy atom. The number of nitrogens with zero attached hydrogens (tertiary/aromatic N) is 4. The topological polar surface area (TPSA) is 233 Å². The number of fused-ring (bicyclic) bond motifs is 1. The Balaban J connectivity index is 1.22. The molecular formula is C38H50ClN7O7. The molecule has 0 saturated heterocycles. The van der Waals surface area contributed by atoms with Crippen LogP contribution in [0.2, 0.25) is 5.15 Å². The number of aromatic nitrogens is 2. The number of aliphatic hydroxyl groups is 5. The number of rotatable bonds is 20. The lowest BCUT2D eigenvalue weighted by atomic mass is 10.0. The zero-order valence-electron chi connectivity index (χ0n) is 29.8. The quantitative estimate of drug-likeness (QED) is 0.0368. The molecule has 4 atom stereocenters. The van der Waals surface area contributed by atoms with Crippen LogP contribution in [0, 0.1) is 6.92 Å². The number of aliphatic hydroxyl groups excluding tert-OH is 5. The minimum atomic E-state index is -1.69. The Morgan fingerprint density at radius 3 is 2.32 bits per heavy atom.